The highest BCUT2D eigenvalue weighted by Crippen LogP contribution is 2.19. The Bertz CT molecular complexity index is 296. The Morgan fingerprint density at radius 2 is 2.29 bits per heavy atom. The van der Waals surface area contributed by atoms with Gasteiger partial charge < -0.3 is 4.79 Å². The molecule has 1 nitrogen and oxygen atoms in total. The third-order valence-corrected chi connectivity index (χ3v) is 3.14. The Morgan fingerprint density at radius 1 is 1.50 bits per heavy atom. The smallest absolute Gasteiger partial charge is 0.128 e. The molecule has 0 spiro atoms. The van der Waals surface area contributed by atoms with Crippen molar-refractivity contribution < 1.29 is 4.79 Å². The van der Waals surface area contributed by atoms with Crippen LogP contribution in [0.5, 0.6) is 0 Å². The van der Waals surface area contributed by atoms with Crippen molar-refractivity contribution in [2.24, 2.45) is 0 Å². The third kappa shape index (κ3) is 3.18. The number of hydrogen-bond donors (Lipinski definition) is 0. The predicted octanol–water partition coefficient (Wildman–Crippen LogP) is 3.03. The fourth-order valence-electron chi connectivity index (χ4n) is 1.36. The van der Waals surface area contributed by atoms with E-state index in [-0.39, 0.29) is 5.92 Å². The summed E-state index contributed by atoms with van der Waals surface area (Å²) >= 11 is 1.81. The van der Waals surface area contributed by atoms with E-state index in [0.717, 1.165) is 23.4 Å². The molecule has 76 valence electrons. The van der Waals surface area contributed by atoms with Gasteiger partial charge in [-0.2, -0.15) is 11.8 Å². The Labute approximate surface area is 89.9 Å². The van der Waals surface area contributed by atoms with Crippen molar-refractivity contribution in [1.29, 1.82) is 0 Å². The summed E-state index contributed by atoms with van der Waals surface area (Å²) in [6.45, 7) is 4.17. The molecule has 0 aliphatic heterocycles. The maximum absolute atomic E-state index is 10.9. The molecule has 0 fully saturated rings. The lowest BCUT2D eigenvalue weighted by molar-refractivity contribution is -0.108. The monoisotopic (exact) mass is 208 g/mol. The number of hydrogen-bond acceptors (Lipinski definition) is 2. The molecule has 0 radical (unpaired) electrons. The van der Waals surface area contributed by atoms with Crippen molar-refractivity contribution in [2.45, 2.75) is 19.8 Å². The molecule has 1 aromatic carbocycles. The van der Waals surface area contributed by atoms with Crippen LogP contribution in [0.4, 0.5) is 0 Å². The molecule has 1 aromatic rings. The highest BCUT2D eigenvalue weighted by Gasteiger charge is 2.09. The second-order valence-electron chi connectivity index (χ2n) is 3.32. The van der Waals surface area contributed by atoms with Crippen molar-refractivity contribution in [3.05, 3.63) is 35.4 Å². The molecule has 0 bridgehead atoms. The summed E-state index contributed by atoms with van der Waals surface area (Å²) in [5, 5.41) is 0. The van der Waals surface area contributed by atoms with Crippen LogP contribution in [0.25, 0.3) is 0 Å². The average Bonchev–Trinajstić information content (AvgIpc) is 2.19. The van der Waals surface area contributed by atoms with E-state index in [2.05, 4.69) is 26.0 Å². The number of aldehydes is 1. The lowest BCUT2D eigenvalue weighted by atomic mass is 10.0. The summed E-state index contributed by atoms with van der Waals surface area (Å²) in [6, 6.07) is 8.19. The Morgan fingerprint density at radius 3 is 2.86 bits per heavy atom. The van der Waals surface area contributed by atoms with Gasteiger partial charge in [-0.3, -0.25) is 0 Å². The molecule has 0 saturated carbocycles. The summed E-state index contributed by atoms with van der Waals surface area (Å²) in [5.41, 5.74) is 2.36. The molecular weight excluding hydrogens is 192 g/mol. The summed E-state index contributed by atoms with van der Waals surface area (Å²) < 4.78 is 0. The van der Waals surface area contributed by atoms with Crippen LogP contribution >= 0.6 is 11.8 Å². The summed E-state index contributed by atoms with van der Waals surface area (Å²) in [5.74, 6) is 2.01. The Balaban J connectivity index is 2.73. The first-order valence-corrected chi connectivity index (χ1v) is 6.03. The van der Waals surface area contributed by atoms with E-state index in [1.807, 2.05) is 23.9 Å². The number of carbonyl (C=O) groups is 1. The van der Waals surface area contributed by atoms with Crippen molar-refractivity contribution in [2.75, 3.05) is 11.5 Å². The minimum atomic E-state index is 0.0554. The van der Waals surface area contributed by atoms with Gasteiger partial charge in [0.1, 0.15) is 6.29 Å². The normalized spacial score (nSPS) is 12.4. The fraction of sp³-hybridized carbons (Fsp3) is 0.417. The summed E-state index contributed by atoms with van der Waals surface area (Å²) in [7, 11) is 0. The number of aryl methyl sites for hydroxylation is 1. The SMILES string of the molecule is CCSC[C@H](C=O)c1cccc(C)c1. The fourth-order valence-corrected chi connectivity index (χ4v) is 2.12. The Hall–Kier alpha value is -0.760. The number of carbonyl (C=O) groups excluding carboxylic acids is 1. The number of rotatable bonds is 5. The molecule has 0 aromatic heterocycles. The van der Waals surface area contributed by atoms with Crippen LogP contribution in [-0.4, -0.2) is 17.8 Å². The maximum atomic E-state index is 10.9. The van der Waals surface area contributed by atoms with E-state index in [4.69, 9.17) is 0 Å². The van der Waals surface area contributed by atoms with E-state index in [1.165, 1.54) is 5.56 Å². The molecule has 0 saturated heterocycles. The minimum Gasteiger partial charge on any atom is -0.303 e. The molecule has 1 rings (SSSR count). The zero-order valence-corrected chi connectivity index (χ0v) is 9.51. The average molecular weight is 208 g/mol. The van der Waals surface area contributed by atoms with Gasteiger partial charge in [0.25, 0.3) is 0 Å². The standard InChI is InChI=1S/C12H16OS/c1-3-14-9-12(8-13)11-6-4-5-10(2)7-11/h4-8,12H,3,9H2,1-2H3/t12-/m0/s1. The quantitative estimate of drug-likeness (QED) is 0.692. The molecule has 0 heterocycles. The van der Waals surface area contributed by atoms with Crippen LogP contribution in [0.1, 0.15) is 24.0 Å². The van der Waals surface area contributed by atoms with Gasteiger partial charge in [-0.05, 0) is 18.2 Å². The molecule has 14 heavy (non-hydrogen) atoms. The van der Waals surface area contributed by atoms with Crippen LogP contribution in [0, 0.1) is 6.92 Å². The number of thioether (sulfide) groups is 1. The van der Waals surface area contributed by atoms with Crippen LogP contribution < -0.4 is 0 Å². The molecule has 0 amide bonds. The molecule has 0 aliphatic rings. The second-order valence-corrected chi connectivity index (χ2v) is 4.64. The predicted molar refractivity (Wildman–Crippen MR) is 63.0 cm³/mol. The zero-order chi connectivity index (χ0) is 10.4. The van der Waals surface area contributed by atoms with Gasteiger partial charge in [0.05, 0.1) is 0 Å². The van der Waals surface area contributed by atoms with Crippen molar-refractivity contribution in [3.8, 4) is 0 Å². The zero-order valence-electron chi connectivity index (χ0n) is 8.69. The van der Waals surface area contributed by atoms with Crippen molar-refractivity contribution >= 4 is 18.0 Å². The van der Waals surface area contributed by atoms with Gasteiger partial charge in [-0.1, -0.05) is 36.8 Å². The highest BCUT2D eigenvalue weighted by molar-refractivity contribution is 7.99. The molecule has 0 aliphatic carbocycles. The van der Waals surface area contributed by atoms with Crippen LogP contribution in [0.2, 0.25) is 0 Å². The summed E-state index contributed by atoms with van der Waals surface area (Å²) in [6.07, 6.45) is 1.05. The first kappa shape index (κ1) is 11.3. The molecule has 0 N–H and O–H groups in total. The first-order valence-electron chi connectivity index (χ1n) is 4.87. The van der Waals surface area contributed by atoms with E-state index >= 15 is 0 Å². The van der Waals surface area contributed by atoms with E-state index in [1.54, 1.807) is 0 Å². The highest BCUT2D eigenvalue weighted by atomic mass is 32.2. The third-order valence-electron chi connectivity index (χ3n) is 2.14. The lowest BCUT2D eigenvalue weighted by Crippen LogP contribution is -2.03. The van der Waals surface area contributed by atoms with E-state index < -0.39 is 0 Å². The maximum Gasteiger partial charge on any atom is 0.128 e. The van der Waals surface area contributed by atoms with Gasteiger partial charge in [0.15, 0.2) is 0 Å². The molecule has 1 atom stereocenters. The van der Waals surface area contributed by atoms with E-state index in [0.29, 0.717) is 0 Å². The van der Waals surface area contributed by atoms with Gasteiger partial charge >= 0.3 is 0 Å². The first-order chi connectivity index (χ1) is 6.77. The molecular formula is C12H16OS. The van der Waals surface area contributed by atoms with Crippen molar-refractivity contribution in [1.82, 2.24) is 0 Å². The summed E-state index contributed by atoms with van der Waals surface area (Å²) in [4.78, 5) is 10.9. The minimum absolute atomic E-state index is 0.0554. The number of benzene rings is 1. The van der Waals surface area contributed by atoms with Crippen LogP contribution in [-0.2, 0) is 4.79 Å². The second kappa shape index (κ2) is 5.86. The van der Waals surface area contributed by atoms with E-state index in [9.17, 15) is 4.79 Å². The van der Waals surface area contributed by atoms with Gasteiger partial charge in [0.2, 0.25) is 0 Å². The lowest BCUT2D eigenvalue weighted by Gasteiger charge is -2.10. The molecule has 2 heteroatoms. The Kier molecular flexibility index (Phi) is 4.74. The van der Waals surface area contributed by atoms with Crippen LogP contribution in [0.15, 0.2) is 24.3 Å². The van der Waals surface area contributed by atoms with Gasteiger partial charge in [-0.25, -0.2) is 0 Å². The van der Waals surface area contributed by atoms with Gasteiger partial charge in [0, 0.05) is 11.7 Å². The largest absolute Gasteiger partial charge is 0.303 e. The van der Waals surface area contributed by atoms with Crippen molar-refractivity contribution in [3.63, 3.8) is 0 Å². The molecule has 0 unspecified atom stereocenters. The van der Waals surface area contributed by atoms with Gasteiger partial charge in [-0.15, -0.1) is 0 Å². The van der Waals surface area contributed by atoms with Crippen LogP contribution in [0.3, 0.4) is 0 Å². The topological polar surface area (TPSA) is 17.1 Å².